The first-order valence-corrected chi connectivity index (χ1v) is 8.55. The van der Waals surface area contributed by atoms with Crippen molar-refractivity contribution in [2.24, 2.45) is 11.8 Å². The maximum absolute atomic E-state index is 6.20. The van der Waals surface area contributed by atoms with Crippen LogP contribution < -0.4 is 10.2 Å². The van der Waals surface area contributed by atoms with Crippen LogP contribution in [0.4, 0.5) is 11.8 Å². The van der Waals surface area contributed by atoms with Gasteiger partial charge in [-0.15, -0.1) is 0 Å². The van der Waals surface area contributed by atoms with Crippen LogP contribution in [0.15, 0.2) is 24.4 Å². The van der Waals surface area contributed by atoms with Gasteiger partial charge in [0.25, 0.3) is 0 Å². The van der Waals surface area contributed by atoms with Gasteiger partial charge >= 0.3 is 0 Å². The molecule has 4 nitrogen and oxygen atoms in total. The van der Waals surface area contributed by atoms with Crippen LogP contribution in [-0.4, -0.2) is 23.1 Å². The Balaban J connectivity index is 1.48. The zero-order valence-corrected chi connectivity index (χ0v) is 14.3. The quantitative estimate of drug-likeness (QED) is 0.926. The topological polar surface area (TPSA) is 41.1 Å². The van der Waals surface area contributed by atoms with Crippen molar-refractivity contribution < 1.29 is 0 Å². The molecule has 2 unspecified atom stereocenters. The van der Waals surface area contributed by atoms with E-state index in [-0.39, 0.29) is 0 Å². The Labute approximate surface area is 141 Å². The van der Waals surface area contributed by atoms with Crippen LogP contribution >= 0.6 is 11.6 Å². The monoisotopic (exact) mass is 328 g/mol. The Morgan fingerprint density at radius 3 is 2.74 bits per heavy atom. The number of fused-ring (bicyclic) bond motifs is 1. The minimum absolute atomic E-state index is 0.711. The number of rotatable bonds is 4. The van der Waals surface area contributed by atoms with Gasteiger partial charge in [-0.1, -0.05) is 23.7 Å². The molecule has 2 fully saturated rings. The number of hydrogen-bond acceptors (Lipinski definition) is 4. The summed E-state index contributed by atoms with van der Waals surface area (Å²) in [5, 5.41) is 4.23. The normalized spacial score (nSPS) is 22.1. The molecule has 1 aliphatic heterocycles. The fourth-order valence-corrected chi connectivity index (χ4v) is 3.46. The second-order valence-electron chi connectivity index (χ2n) is 6.80. The summed E-state index contributed by atoms with van der Waals surface area (Å²) in [6.45, 7) is 6.99. The molecule has 5 heteroatoms. The first-order chi connectivity index (χ1) is 11.1. The van der Waals surface area contributed by atoms with E-state index >= 15 is 0 Å². The Bertz CT molecular complexity index is 736. The van der Waals surface area contributed by atoms with E-state index in [2.05, 4.69) is 21.3 Å². The molecule has 23 heavy (non-hydrogen) atoms. The summed E-state index contributed by atoms with van der Waals surface area (Å²) >= 11 is 6.20. The molecule has 0 amide bonds. The lowest BCUT2D eigenvalue weighted by Gasteiger charge is -2.19. The second kappa shape index (κ2) is 5.68. The third-order valence-corrected chi connectivity index (χ3v) is 5.32. The molecule has 1 N–H and O–H groups in total. The van der Waals surface area contributed by atoms with Crippen molar-refractivity contribution in [3.8, 4) is 0 Å². The van der Waals surface area contributed by atoms with Crippen molar-refractivity contribution in [2.75, 3.05) is 23.3 Å². The largest absolute Gasteiger partial charge is 0.366 e. The number of aromatic nitrogens is 2. The summed E-state index contributed by atoms with van der Waals surface area (Å²) in [4.78, 5) is 11.6. The van der Waals surface area contributed by atoms with Gasteiger partial charge in [-0.25, -0.2) is 4.98 Å². The zero-order chi connectivity index (χ0) is 16.0. The van der Waals surface area contributed by atoms with Crippen LogP contribution in [0, 0.1) is 25.7 Å². The Hall–Kier alpha value is -1.81. The van der Waals surface area contributed by atoms with E-state index in [9.17, 15) is 0 Å². The first-order valence-electron chi connectivity index (χ1n) is 8.17. The van der Waals surface area contributed by atoms with Gasteiger partial charge in [0, 0.05) is 36.4 Å². The van der Waals surface area contributed by atoms with Gasteiger partial charge in [0.1, 0.15) is 5.82 Å². The van der Waals surface area contributed by atoms with E-state index in [0.29, 0.717) is 6.54 Å². The van der Waals surface area contributed by atoms with E-state index in [0.717, 1.165) is 58.4 Å². The number of aryl methyl sites for hydroxylation is 2. The fraction of sp³-hybridized carbons (Fsp3) is 0.444. The average molecular weight is 329 g/mol. The van der Waals surface area contributed by atoms with E-state index in [1.54, 1.807) is 0 Å². The van der Waals surface area contributed by atoms with Gasteiger partial charge in [0.05, 0.1) is 0 Å². The highest BCUT2D eigenvalue weighted by atomic mass is 35.5. The zero-order valence-electron chi connectivity index (χ0n) is 13.5. The number of piperidine rings is 1. The van der Waals surface area contributed by atoms with Crippen LogP contribution in [-0.2, 0) is 6.54 Å². The molecule has 2 aliphatic rings. The summed E-state index contributed by atoms with van der Waals surface area (Å²) < 4.78 is 0. The Kier molecular flexibility index (Phi) is 3.64. The van der Waals surface area contributed by atoms with Crippen molar-refractivity contribution in [3.05, 3.63) is 46.1 Å². The molecule has 2 heterocycles. The average Bonchev–Trinajstić information content (AvgIpc) is 3.15. The van der Waals surface area contributed by atoms with E-state index in [4.69, 9.17) is 16.6 Å². The third kappa shape index (κ3) is 3.00. The molecule has 4 rings (SSSR count). The Morgan fingerprint density at radius 2 is 2.00 bits per heavy atom. The van der Waals surface area contributed by atoms with Crippen LogP contribution in [0.3, 0.4) is 0 Å². The van der Waals surface area contributed by atoms with Gasteiger partial charge in [0.2, 0.25) is 5.95 Å². The van der Waals surface area contributed by atoms with Crippen molar-refractivity contribution in [2.45, 2.75) is 26.8 Å². The third-order valence-electron chi connectivity index (χ3n) is 4.92. The number of anilines is 2. The smallest absolute Gasteiger partial charge is 0.227 e. The summed E-state index contributed by atoms with van der Waals surface area (Å²) in [6, 6.07) is 6.16. The standard InChI is InChI=1S/C18H21ClN4/c1-11-3-4-13(5-16(11)19)8-20-17-12(2)7-21-18(22-17)23-9-14-6-15(14)10-23/h3-5,7,14-15H,6,8-10H2,1-2H3,(H,20,21,22). The van der Waals surface area contributed by atoms with Crippen LogP contribution in [0.2, 0.25) is 5.02 Å². The summed E-state index contributed by atoms with van der Waals surface area (Å²) in [5.74, 6) is 3.52. The van der Waals surface area contributed by atoms with Crippen LogP contribution in [0.5, 0.6) is 0 Å². The van der Waals surface area contributed by atoms with Crippen molar-refractivity contribution in [3.63, 3.8) is 0 Å². The van der Waals surface area contributed by atoms with Gasteiger partial charge < -0.3 is 10.2 Å². The lowest BCUT2D eigenvalue weighted by atomic mass is 10.1. The molecule has 2 atom stereocenters. The molecular weight excluding hydrogens is 308 g/mol. The van der Waals surface area contributed by atoms with Crippen molar-refractivity contribution in [1.82, 2.24) is 9.97 Å². The number of halogens is 1. The number of nitrogens with one attached hydrogen (secondary N) is 1. The minimum Gasteiger partial charge on any atom is -0.366 e. The molecule has 1 aromatic carbocycles. The minimum atomic E-state index is 0.711. The summed E-state index contributed by atoms with van der Waals surface area (Å²) in [6.07, 6.45) is 3.30. The second-order valence-corrected chi connectivity index (χ2v) is 7.21. The highest BCUT2D eigenvalue weighted by Gasteiger charge is 2.45. The highest BCUT2D eigenvalue weighted by Crippen LogP contribution is 2.45. The van der Waals surface area contributed by atoms with Gasteiger partial charge in [0.15, 0.2) is 0 Å². The molecule has 2 aromatic rings. The number of nitrogens with zero attached hydrogens (tertiary/aromatic N) is 3. The molecule has 1 aliphatic carbocycles. The first kappa shape index (κ1) is 14.8. The molecule has 0 spiro atoms. The molecular formula is C18H21ClN4. The lowest BCUT2D eigenvalue weighted by Crippen LogP contribution is -2.24. The molecule has 1 aromatic heterocycles. The Morgan fingerprint density at radius 1 is 1.22 bits per heavy atom. The van der Waals surface area contributed by atoms with E-state index in [1.807, 2.05) is 32.2 Å². The van der Waals surface area contributed by atoms with E-state index < -0.39 is 0 Å². The fourth-order valence-electron chi connectivity index (χ4n) is 3.26. The molecule has 0 radical (unpaired) electrons. The summed E-state index contributed by atoms with van der Waals surface area (Å²) in [7, 11) is 0. The number of hydrogen-bond donors (Lipinski definition) is 1. The number of benzene rings is 1. The SMILES string of the molecule is Cc1ccc(CNc2nc(N3CC4CC4C3)ncc2C)cc1Cl. The predicted molar refractivity (Wildman–Crippen MR) is 94.1 cm³/mol. The molecule has 1 saturated carbocycles. The lowest BCUT2D eigenvalue weighted by molar-refractivity contribution is 0.786. The predicted octanol–water partition coefficient (Wildman–Crippen LogP) is 3.82. The highest BCUT2D eigenvalue weighted by molar-refractivity contribution is 6.31. The maximum Gasteiger partial charge on any atom is 0.227 e. The van der Waals surface area contributed by atoms with Gasteiger partial charge in [-0.05, 0) is 49.3 Å². The maximum atomic E-state index is 6.20. The molecule has 0 bridgehead atoms. The van der Waals surface area contributed by atoms with Crippen molar-refractivity contribution in [1.29, 1.82) is 0 Å². The van der Waals surface area contributed by atoms with E-state index in [1.165, 1.54) is 6.42 Å². The van der Waals surface area contributed by atoms with Gasteiger partial charge in [-0.2, -0.15) is 4.98 Å². The van der Waals surface area contributed by atoms with Crippen LogP contribution in [0.25, 0.3) is 0 Å². The van der Waals surface area contributed by atoms with Crippen molar-refractivity contribution >= 4 is 23.4 Å². The molecule has 120 valence electrons. The van der Waals surface area contributed by atoms with Crippen LogP contribution in [0.1, 0.15) is 23.1 Å². The molecule has 1 saturated heterocycles. The van der Waals surface area contributed by atoms with Gasteiger partial charge in [-0.3, -0.25) is 0 Å². The summed E-state index contributed by atoms with van der Waals surface area (Å²) in [5.41, 5.74) is 3.32.